The standard InChI is InChI=1S/C18H17FN2O4/c1-24-15-7-5-11(9-13(15)19)3-2-4-17(22)20-12-6-8-16-14(10-12)21-18(23)25-16/h5-10H,2-4H2,1H3,(H,20,22)(H,21,23). The quantitative estimate of drug-likeness (QED) is 0.719. The minimum absolute atomic E-state index is 0.154. The number of hydrogen-bond acceptors (Lipinski definition) is 4. The molecule has 0 fully saturated rings. The normalized spacial score (nSPS) is 10.8. The molecule has 1 heterocycles. The van der Waals surface area contributed by atoms with Gasteiger partial charge in [-0.3, -0.25) is 9.78 Å². The van der Waals surface area contributed by atoms with Gasteiger partial charge in [0.15, 0.2) is 17.1 Å². The first-order valence-electron chi connectivity index (χ1n) is 7.80. The van der Waals surface area contributed by atoms with E-state index in [-0.39, 0.29) is 11.7 Å². The Kier molecular flexibility index (Phi) is 4.83. The summed E-state index contributed by atoms with van der Waals surface area (Å²) in [6.07, 6.45) is 1.47. The fraction of sp³-hybridized carbons (Fsp3) is 0.222. The zero-order chi connectivity index (χ0) is 17.8. The minimum Gasteiger partial charge on any atom is -0.494 e. The highest BCUT2D eigenvalue weighted by molar-refractivity contribution is 5.92. The van der Waals surface area contributed by atoms with Crippen LogP contribution in [0.3, 0.4) is 0 Å². The van der Waals surface area contributed by atoms with E-state index in [0.717, 1.165) is 5.56 Å². The van der Waals surface area contributed by atoms with Crippen molar-refractivity contribution in [2.45, 2.75) is 19.3 Å². The van der Waals surface area contributed by atoms with Crippen LogP contribution in [0, 0.1) is 5.82 Å². The van der Waals surface area contributed by atoms with Gasteiger partial charge in [-0.15, -0.1) is 0 Å². The molecule has 0 aliphatic carbocycles. The molecule has 0 saturated carbocycles. The smallest absolute Gasteiger partial charge is 0.417 e. The van der Waals surface area contributed by atoms with Gasteiger partial charge in [0.1, 0.15) is 0 Å². The van der Waals surface area contributed by atoms with Gasteiger partial charge < -0.3 is 14.5 Å². The van der Waals surface area contributed by atoms with Crippen molar-refractivity contribution in [2.75, 3.05) is 12.4 Å². The molecule has 25 heavy (non-hydrogen) atoms. The molecule has 3 rings (SSSR count). The lowest BCUT2D eigenvalue weighted by Gasteiger charge is -2.06. The van der Waals surface area contributed by atoms with E-state index in [4.69, 9.17) is 9.15 Å². The molecule has 0 saturated heterocycles. The number of fused-ring (bicyclic) bond motifs is 1. The zero-order valence-electron chi connectivity index (χ0n) is 13.6. The van der Waals surface area contributed by atoms with E-state index < -0.39 is 11.6 Å². The summed E-state index contributed by atoms with van der Waals surface area (Å²) in [6.45, 7) is 0. The van der Waals surface area contributed by atoms with Crippen LogP contribution < -0.4 is 15.8 Å². The molecule has 0 atom stereocenters. The number of aryl methyl sites for hydroxylation is 1. The summed E-state index contributed by atoms with van der Waals surface area (Å²) in [5.74, 6) is -0.898. The van der Waals surface area contributed by atoms with E-state index in [1.54, 1.807) is 30.3 Å². The molecule has 0 bridgehead atoms. The van der Waals surface area contributed by atoms with Crippen LogP contribution in [0.25, 0.3) is 11.1 Å². The number of oxazole rings is 1. The highest BCUT2D eigenvalue weighted by atomic mass is 19.1. The number of nitrogens with one attached hydrogen (secondary N) is 2. The van der Waals surface area contributed by atoms with Crippen molar-refractivity contribution in [3.63, 3.8) is 0 Å². The van der Waals surface area contributed by atoms with Crippen molar-refractivity contribution in [1.82, 2.24) is 4.98 Å². The van der Waals surface area contributed by atoms with E-state index >= 15 is 0 Å². The van der Waals surface area contributed by atoms with E-state index in [1.807, 2.05) is 0 Å². The highest BCUT2D eigenvalue weighted by Crippen LogP contribution is 2.19. The first-order valence-corrected chi connectivity index (χ1v) is 7.80. The summed E-state index contributed by atoms with van der Waals surface area (Å²) in [5.41, 5.74) is 2.34. The number of halogens is 1. The number of carbonyl (C=O) groups excluding carboxylic acids is 1. The molecule has 1 aromatic heterocycles. The summed E-state index contributed by atoms with van der Waals surface area (Å²) < 4.78 is 23.4. The molecule has 0 aliphatic heterocycles. The van der Waals surface area contributed by atoms with Crippen LogP contribution in [0.2, 0.25) is 0 Å². The number of H-pyrrole nitrogens is 1. The second-order valence-electron chi connectivity index (χ2n) is 5.60. The van der Waals surface area contributed by atoms with Crippen molar-refractivity contribution in [3.8, 4) is 5.75 Å². The Balaban J connectivity index is 1.53. The van der Waals surface area contributed by atoms with Crippen molar-refractivity contribution in [1.29, 1.82) is 0 Å². The van der Waals surface area contributed by atoms with Gasteiger partial charge in [0.2, 0.25) is 5.91 Å². The monoisotopic (exact) mass is 344 g/mol. The fourth-order valence-electron chi connectivity index (χ4n) is 2.57. The lowest BCUT2D eigenvalue weighted by molar-refractivity contribution is -0.116. The SMILES string of the molecule is COc1ccc(CCCC(=O)Nc2ccc3oc(=O)[nH]c3c2)cc1F. The van der Waals surface area contributed by atoms with Gasteiger partial charge in [0.05, 0.1) is 12.6 Å². The topological polar surface area (TPSA) is 84.3 Å². The Morgan fingerprint density at radius 2 is 2.12 bits per heavy atom. The second-order valence-corrected chi connectivity index (χ2v) is 5.60. The van der Waals surface area contributed by atoms with Crippen molar-refractivity contribution >= 4 is 22.7 Å². The van der Waals surface area contributed by atoms with Gasteiger partial charge in [-0.2, -0.15) is 0 Å². The van der Waals surface area contributed by atoms with Crippen LogP contribution in [-0.4, -0.2) is 18.0 Å². The largest absolute Gasteiger partial charge is 0.494 e. The number of rotatable bonds is 6. The predicted molar refractivity (Wildman–Crippen MR) is 91.4 cm³/mol. The van der Waals surface area contributed by atoms with E-state index in [2.05, 4.69) is 10.3 Å². The van der Waals surface area contributed by atoms with Gasteiger partial charge in [0, 0.05) is 12.1 Å². The number of amides is 1. The summed E-state index contributed by atoms with van der Waals surface area (Å²) >= 11 is 0. The first-order chi connectivity index (χ1) is 12.0. The number of benzene rings is 2. The zero-order valence-corrected chi connectivity index (χ0v) is 13.6. The molecule has 0 aliphatic rings. The molecule has 1 amide bonds. The number of aromatic nitrogens is 1. The van der Waals surface area contributed by atoms with Gasteiger partial charge in [-0.1, -0.05) is 6.07 Å². The molecule has 6 nitrogen and oxygen atoms in total. The maximum absolute atomic E-state index is 13.6. The van der Waals surface area contributed by atoms with E-state index in [9.17, 15) is 14.0 Å². The summed E-state index contributed by atoms with van der Waals surface area (Å²) in [7, 11) is 1.42. The van der Waals surface area contributed by atoms with Crippen LogP contribution >= 0.6 is 0 Å². The fourth-order valence-corrected chi connectivity index (χ4v) is 2.57. The molecule has 130 valence electrons. The van der Waals surface area contributed by atoms with E-state index in [1.165, 1.54) is 13.2 Å². The minimum atomic E-state index is -0.537. The van der Waals surface area contributed by atoms with Gasteiger partial charge in [-0.25, -0.2) is 9.18 Å². The number of hydrogen-bond donors (Lipinski definition) is 2. The molecule has 3 aromatic rings. The predicted octanol–water partition coefficient (Wildman–Crippen LogP) is 3.23. The van der Waals surface area contributed by atoms with Crippen molar-refractivity contribution < 1.29 is 18.3 Å². The number of anilines is 1. The van der Waals surface area contributed by atoms with Crippen LogP contribution in [0.15, 0.2) is 45.6 Å². The van der Waals surface area contributed by atoms with Crippen LogP contribution in [0.1, 0.15) is 18.4 Å². The Labute approximate surface area is 142 Å². The molecular weight excluding hydrogens is 327 g/mol. The third-order valence-electron chi connectivity index (χ3n) is 3.79. The molecule has 2 aromatic carbocycles. The van der Waals surface area contributed by atoms with Gasteiger partial charge >= 0.3 is 5.76 Å². The molecule has 2 N–H and O–H groups in total. The number of ether oxygens (including phenoxy) is 1. The lowest BCUT2D eigenvalue weighted by Crippen LogP contribution is -2.11. The second kappa shape index (κ2) is 7.21. The summed E-state index contributed by atoms with van der Waals surface area (Å²) in [5, 5.41) is 2.76. The maximum atomic E-state index is 13.6. The number of aromatic amines is 1. The lowest BCUT2D eigenvalue weighted by atomic mass is 10.1. The number of carbonyl (C=O) groups is 1. The van der Waals surface area contributed by atoms with Gasteiger partial charge in [0.25, 0.3) is 0 Å². The van der Waals surface area contributed by atoms with Crippen LogP contribution in [0.4, 0.5) is 10.1 Å². The molecule has 0 radical (unpaired) electrons. The van der Waals surface area contributed by atoms with Crippen molar-refractivity contribution in [3.05, 3.63) is 58.3 Å². The van der Waals surface area contributed by atoms with Crippen LogP contribution in [-0.2, 0) is 11.2 Å². The summed E-state index contributed by atoms with van der Waals surface area (Å²) in [4.78, 5) is 25.7. The third kappa shape index (κ3) is 4.06. The molecule has 0 unspecified atom stereocenters. The summed E-state index contributed by atoms with van der Waals surface area (Å²) in [6, 6.07) is 9.68. The Morgan fingerprint density at radius 1 is 1.28 bits per heavy atom. The first kappa shape index (κ1) is 16.8. The van der Waals surface area contributed by atoms with Crippen molar-refractivity contribution in [2.24, 2.45) is 0 Å². The third-order valence-corrected chi connectivity index (χ3v) is 3.79. The van der Waals surface area contributed by atoms with E-state index in [0.29, 0.717) is 36.0 Å². The average molecular weight is 344 g/mol. The molecule has 7 heteroatoms. The van der Waals surface area contributed by atoms with Crippen LogP contribution in [0.5, 0.6) is 5.75 Å². The Bertz CT molecular complexity index is 961. The molecular formula is C18H17FN2O4. The van der Waals surface area contributed by atoms with Gasteiger partial charge in [-0.05, 0) is 48.7 Å². The maximum Gasteiger partial charge on any atom is 0.417 e. The Hall–Kier alpha value is -3.09. The molecule has 0 spiro atoms. The number of methoxy groups -OCH3 is 1. The Morgan fingerprint density at radius 3 is 2.88 bits per heavy atom. The average Bonchev–Trinajstić information content (AvgIpc) is 2.94. The highest BCUT2D eigenvalue weighted by Gasteiger charge is 2.07.